The number of anilines is 1. The topological polar surface area (TPSA) is 62.3 Å². The first-order valence-electron chi connectivity index (χ1n) is 11.5. The third kappa shape index (κ3) is 4.50. The Morgan fingerprint density at radius 2 is 1.85 bits per heavy atom. The van der Waals surface area contributed by atoms with Crippen LogP contribution in [0.1, 0.15) is 48.3 Å². The molecule has 2 aromatic heterocycles. The third-order valence-electron chi connectivity index (χ3n) is 6.27. The molecule has 5 rings (SSSR count). The van der Waals surface area contributed by atoms with Gasteiger partial charge < -0.3 is 10.2 Å². The molecule has 0 spiro atoms. The number of rotatable bonds is 5. The highest BCUT2D eigenvalue weighted by molar-refractivity contribution is 7.22. The minimum atomic E-state index is -0.0401. The molecule has 0 saturated carbocycles. The van der Waals surface area contributed by atoms with E-state index < -0.39 is 0 Å². The molecular weight excluding hydrogens is 462 g/mol. The van der Waals surface area contributed by atoms with Crippen molar-refractivity contribution in [2.75, 3.05) is 11.9 Å². The van der Waals surface area contributed by atoms with Gasteiger partial charge in [-0.2, -0.15) is 0 Å². The second kappa shape index (κ2) is 9.31. The van der Waals surface area contributed by atoms with Crippen molar-refractivity contribution in [2.45, 2.75) is 46.1 Å². The Morgan fingerprint density at radius 1 is 1.09 bits per heavy atom. The van der Waals surface area contributed by atoms with Crippen LogP contribution in [0.5, 0.6) is 0 Å². The number of hydrogen-bond acceptors (Lipinski definition) is 5. The number of para-hydroxylation sites is 1. The molecule has 4 aromatic rings. The van der Waals surface area contributed by atoms with Crippen LogP contribution >= 0.6 is 22.7 Å². The number of carbonyl (C=O) groups excluding carboxylic acids is 2. The highest BCUT2D eigenvalue weighted by Crippen LogP contribution is 2.45. The number of aromatic nitrogens is 1. The number of thiazole rings is 1. The van der Waals surface area contributed by atoms with E-state index in [9.17, 15) is 9.59 Å². The summed E-state index contributed by atoms with van der Waals surface area (Å²) in [5, 5.41) is 4.94. The van der Waals surface area contributed by atoms with Gasteiger partial charge in [-0.15, -0.1) is 22.7 Å². The van der Waals surface area contributed by atoms with Crippen LogP contribution in [0.15, 0.2) is 48.5 Å². The summed E-state index contributed by atoms with van der Waals surface area (Å²) in [5.74, 6) is 0.504. The molecule has 34 heavy (non-hydrogen) atoms. The Morgan fingerprint density at radius 3 is 2.56 bits per heavy atom. The lowest BCUT2D eigenvalue weighted by molar-refractivity contribution is -0.129. The molecule has 1 N–H and O–H groups in total. The monoisotopic (exact) mass is 489 g/mol. The molecule has 5 nitrogen and oxygen atoms in total. The zero-order chi connectivity index (χ0) is 23.8. The normalized spacial score (nSPS) is 13.4. The summed E-state index contributed by atoms with van der Waals surface area (Å²) in [7, 11) is 0. The summed E-state index contributed by atoms with van der Waals surface area (Å²) in [6, 6.07) is 16.4. The molecular formula is C27H27N3O2S2. The Hall–Kier alpha value is -3.03. The summed E-state index contributed by atoms with van der Waals surface area (Å²) in [6.45, 7) is 7.21. The molecule has 1 aliphatic rings. The molecule has 174 valence electrons. The van der Waals surface area contributed by atoms with E-state index in [1.807, 2.05) is 35.2 Å². The highest BCUT2D eigenvalue weighted by atomic mass is 32.1. The number of fused-ring (bicyclic) bond motifs is 2. The van der Waals surface area contributed by atoms with E-state index in [0.29, 0.717) is 25.4 Å². The number of carbonyl (C=O) groups is 2. The van der Waals surface area contributed by atoms with E-state index >= 15 is 0 Å². The standard InChI is InChI=1S/C27H27N3O2S2/c1-16(2)19-10-8-18(9-11-19)14-24(32)29-27-25(26-28-21-6-4-5-7-22(21)33-26)20-12-13-30(17(3)31)15-23(20)34-27/h4-11,16H,12-15H2,1-3H3,(H,29,32). The summed E-state index contributed by atoms with van der Waals surface area (Å²) in [6.07, 6.45) is 1.09. The lowest BCUT2D eigenvalue weighted by atomic mass is 10.0. The number of hydrogen-bond donors (Lipinski definition) is 1. The molecule has 0 unspecified atom stereocenters. The van der Waals surface area contributed by atoms with Gasteiger partial charge in [-0.05, 0) is 41.2 Å². The summed E-state index contributed by atoms with van der Waals surface area (Å²) in [5.41, 5.74) is 5.45. The van der Waals surface area contributed by atoms with Crippen LogP contribution in [-0.4, -0.2) is 28.2 Å². The van der Waals surface area contributed by atoms with Gasteiger partial charge in [0.15, 0.2) is 0 Å². The Labute approximate surface area is 207 Å². The van der Waals surface area contributed by atoms with E-state index in [-0.39, 0.29) is 11.8 Å². The van der Waals surface area contributed by atoms with Gasteiger partial charge in [0, 0.05) is 23.9 Å². The zero-order valence-corrected chi connectivity index (χ0v) is 21.2. The van der Waals surface area contributed by atoms with Crippen LogP contribution in [0, 0.1) is 0 Å². The van der Waals surface area contributed by atoms with Crippen LogP contribution in [0.25, 0.3) is 20.8 Å². The van der Waals surface area contributed by atoms with E-state index in [0.717, 1.165) is 42.7 Å². The molecule has 1 aliphatic heterocycles. The van der Waals surface area contributed by atoms with Crippen molar-refractivity contribution in [3.8, 4) is 10.6 Å². The predicted molar refractivity (Wildman–Crippen MR) is 141 cm³/mol. The maximum absolute atomic E-state index is 13.1. The molecule has 2 amide bonds. The van der Waals surface area contributed by atoms with Crippen LogP contribution in [0.3, 0.4) is 0 Å². The van der Waals surface area contributed by atoms with Gasteiger partial charge in [0.25, 0.3) is 0 Å². The van der Waals surface area contributed by atoms with E-state index in [4.69, 9.17) is 4.98 Å². The summed E-state index contributed by atoms with van der Waals surface area (Å²) in [4.78, 5) is 32.9. The molecule has 0 aliphatic carbocycles. The second-order valence-electron chi connectivity index (χ2n) is 9.01. The average molecular weight is 490 g/mol. The number of nitrogens with one attached hydrogen (secondary N) is 1. The van der Waals surface area contributed by atoms with E-state index in [2.05, 4.69) is 37.4 Å². The number of thiophene rings is 1. The maximum atomic E-state index is 13.1. The molecule has 0 fully saturated rings. The molecule has 0 bridgehead atoms. The van der Waals surface area contributed by atoms with Crippen LogP contribution < -0.4 is 5.32 Å². The van der Waals surface area contributed by atoms with Crippen molar-refractivity contribution in [2.24, 2.45) is 0 Å². The molecule has 7 heteroatoms. The summed E-state index contributed by atoms with van der Waals surface area (Å²) >= 11 is 3.22. The zero-order valence-electron chi connectivity index (χ0n) is 19.6. The van der Waals surface area contributed by atoms with Gasteiger partial charge in [0.2, 0.25) is 11.8 Å². The lowest BCUT2D eigenvalue weighted by Crippen LogP contribution is -2.33. The van der Waals surface area contributed by atoms with Gasteiger partial charge in [0.05, 0.1) is 23.2 Å². The van der Waals surface area contributed by atoms with Crippen molar-refractivity contribution in [1.29, 1.82) is 0 Å². The Balaban J connectivity index is 1.47. The van der Waals surface area contributed by atoms with Gasteiger partial charge in [-0.1, -0.05) is 50.2 Å². The predicted octanol–water partition coefficient (Wildman–Crippen LogP) is 6.23. The first-order valence-corrected chi connectivity index (χ1v) is 13.2. The first-order chi connectivity index (χ1) is 16.4. The quantitative estimate of drug-likeness (QED) is 0.361. The van der Waals surface area contributed by atoms with Crippen molar-refractivity contribution in [1.82, 2.24) is 9.88 Å². The van der Waals surface area contributed by atoms with E-state index in [1.54, 1.807) is 29.6 Å². The first kappa shape index (κ1) is 22.7. The average Bonchev–Trinajstić information content (AvgIpc) is 3.39. The van der Waals surface area contributed by atoms with Gasteiger partial charge >= 0.3 is 0 Å². The molecule has 3 heterocycles. The molecule has 0 atom stereocenters. The number of benzene rings is 2. The Bertz CT molecular complexity index is 1340. The van der Waals surface area contributed by atoms with Crippen LogP contribution in [0.4, 0.5) is 5.00 Å². The fourth-order valence-corrected chi connectivity index (χ4v) is 6.73. The second-order valence-corrected chi connectivity index (χ2v) is 11.1. The smallest absolute Gasteiger partial charge is 0.229 e. The van der Waals surface area contributed by atoms with Gasteiger partial charge in [-0.3, -0.25) is 9.59 Å². The molecule has 0 saturated heterocycles. The van der Waals surface area contributed by atoms with Crippen molar-refractivity contribution in [3.63, 3.8) is 0 Å². The van der Waals surface area contributed by atoms with Crippen LogP contribution in [0.2, 0.25) is 0 Å². The number of amides is 2. The molecule has 0 radical (unpaired) electrons. The number of nitrogens with zero attached hydrogens (tertiary/aromatic N) is 2. The van der Waals surface area contributed by atoms with E-state index in [1.165, 1.54) is 11.1 Å². The maximum Gasteiger partial charge on any atom is 0.229 e. The van der Waals surface area contributed by atoms with Crippen molar-refractivity contribution < 1.29 is 9.59 Å². The minimum absolute atomic E-state index is 0.0401. The Kier molecular flexibility index (Phi) is 6.23. The summed E-state index contributed by atoms with van der Waals surface area (Å²) < 4.78 is 1.13. The van der Waals surface area contributed by atoms with Crippen molar-refractivity contribution in [3.05, 3.63) is 70.1 Å². The largest absolute Gasteiger partial charge is 0.337 e. The fourth-order valence-electron chi connectivity index (χ4n) is 4.34. The SMILES string of the molecule is CC(=O)N1CCc2c(sc(NC(=O)Cc3ccc(C(C)C)cc3)c2-c2nc3ccccc3s2)C1. The highest BCUT2D eigenvalue weighted by Gasteiger charge is 2.28. The van der Waals surface area contributed by atoms with Gasteiger partial charge in [0.1, 0.15) is 10.0 Å². The lowest BCUT2D eigenvalue weighted by Gasteiger charge is -2.26. The molecule has 2 aromatic carbocycles. The van der Waals surface area contributed by atoms with Gasteiger partial charge in [-0.25, -0.2) is 4.98 Å². The fraction of sp³-hybridized carbons (Fsp3) is 0.296. The van der Waals surface area contributed by atoms with Crippen LogP contribution in [-0.2, 0) is 29.0 Å². The third-order valence-corrected chi connectivity index (χ3v) is 8.46. The van der Waals surface area contributed by atoms with Crippen molar-refractivity contribution >= 4 is 49.7 Å². The minimum Gasteiger partial charge on any atom is -0.337 e.